The van der Waals surface area contributed by atoms with Gasteiger partial charge in [-0.05, 0) is 17.7 Å². The van der Waals surface area contributed by atoms with Crippen molar-refractivity contribution >= 4 is 0 Å². The van der Waals surface area contributed by atoms with Gasteiger partial charge in [-0.1, -0.05) is 47.6 Å². The zero-order valence-electron chi connectivity index (χ0n) is 11.1. The molecule has 0 bridgehead atoms. The summed E-state index contributed by atoms with van der Waals surface area (Å²) in [6.45, 7) is 0.346. The van der Waals surface area contributed by atoms with E-state index in [4.69, 9.17) is 9.78 Å². The number of hydrogen-bond donors (Lipinski definition) is 0. The van der Waals surface area contributed by atoms with Gasteiger partial charge in [0.2, 0.25) is 0 Å². The minimum absolute atomic E-state index is 0.346. The fourth-order valence-corrected chi connectivity index (χ4v) is 2.07. The molecule has 0 saturated carbocycles. The topological polar surface area (TPSA) is 71.8 Å². The summed E-state index contributed by atoms with van der Waals surface area (Å²) in [5.74, 6) is -0.0110. The highest BCUT2D eigenvalue weighted by Crippen LogP contribution is 2.16. The number of nitrogens with zero attached hydrogens (tertiary/aromatic N) is 3. The van der Waals surface area contributed by atoms with E-state index in [0.29, 0.717) is 17.9 Å². The highest BCUT2D eigenvalue weighted by atomic mass is 16.5. The smallest absolute Gasteiger partial charge is 0.295 e. The van der Waals surface area contributed by atoms with Gasteiger partial charge in [0.25, 0.3) is 0 Å². The van der Waals surface area contributed by atoms with Crippen molar-refractivity contribution in [1.82, 2.24) is 9.72 Å². The van der Waals surface area contributed by atoms with E-state index in [1.54, 1.807) is 12.1 Å². The lowest BCUT2D eigenvalue weighted by atomic mass is 10.1. The van der Waals surface area contributed by atoms with E-state index >= 15 is 0 Å². The summed E-state index contributed by atoms with van der Waals surface area (Å²) in [5, 5.41) is 12.6. The second-order valence-electron chi connectivity index (χ2n) is 4.53. The van der Waals surface area contributed by atoms with Gasteiger partial charge in [0, 0.05) is 5.56 Å². The third kappa shape index (κ3) is 2.60. The Morgan fingerprint density at radius 2 is 1.81 bits per heavy atom. The largest absolute Gasteiger partial charge is 0.442 e. The molecule has 5 heteroatoms. The van der Waals surface area contributed by atoms with Crippen molar-refractivity contribution in [3.63, 3.8) is 0 Å². The van der Waals surface area contributed by atoms with Crippen LogP contribution in [0.5, 0.6) is 0 Å². The molecule has 3 aromatic rings. The lowest BCUT2D eigenvalue weighted by Gasteiger charge is -2.04. The van der Waals surface area contributed by atoms with Gasteiger partial charge in [-0.3, -0.25) is 9.09 Å². The Balaban J connectivity index is 1.97. The van der Waals surface area contributed by atoms with Gasteiger partial charge in [0.05, 0.1) is 18.2 Å². The van der Waals surface area contributed by atoms with E-state index in [1.807, 2.05) is 42.5 Å². The maximum absolute atomic E-state index is 11.8. The van der Waals surface area contributed by atoms with Crippen molar-refractivity contribution in [2.24, 2.45) is 0 Å². The maximum Gasteiger partial charge on any atom is 0.442 e. The molecule has 0 aliphatic carbocycles. The van der Waals surface area contributed by atoms with Gasteiger partial charge in [-0.15, -0.1) is 0 Å². The van der Waals surface area contributed by atoms with Gasteiger partial charge in [-0.25, -0.2) is 4.79 Å². The second-order valence-corrected chi connectivity index (χ2v) is 4.53. The molecule has 0 saturated heterocycles. The Hall–Kier alpha value is -3.13. The molecule has 0 aliphatic rings. The van der Waals surface area contributed by atoms with Crippen LogP contribution in [0.3, 0.4) is 0 Å². The molecule has 1 aromatic heterocycles. The molecule has 0 amide bonds. The summed E-state index contributed by atoms with van der Waals surface area (Å²) in [4.78, 5) is 11.8. The van der Waals surface area contributed by atoms with Gasteiger partial charge >= 0.3 is 5.76 Å². The lowest BCUT2D eigenvalue weighted by Crippen LogP contribution is -2.16. The van der Waals surface area contributed by atoms with E-state index < -0.39 is 5.76 Å². The predicted molar refractivity (Wildman–Crippen MR) is 76.5 cm³/mol. The van der Waals surface area contributed by atoms with E-state index in [1.165, 1.54) is 4.57 Å². The fourth-order valence-electron chi connectivity index (χ4n) is 2.07. The van der Waals surface area contributed by atoms with Crippen molar-refractivity contribution in [1.29, 1.82) is 5.26 Å². The van der Waals surface area contributed by atoms with Crippen molar-refractivity contribution in [3.8, 4) is 17.5 Å². The zero-order chi connectivity index (χ0) is 14.7. The molecule has 2 aromatic carbocycles. The first-order valence-corrected chi connectivity index (χ1v) is 6.39. The average Bonchev–Trinajstić information content (AvgIpc) is 2.90. The van der Waals surface area contributed by atoms with Crippen LogP contribution in [-0.4, -0.2) is 9.72 Å². The van der Waals surface area contributed by atoms with Crippen LogP contribution < -0.4 is 5.76 Å². The second kappa shape index (κ2) is 5.47. The fraction of sp³-hybridized carbons (Fsp3) is 0.0625. The molecule has 0 atom stereocenters. The Bertz CT molecular complexity index is 840. The highest BCUT2D eigenvalue weighted by Gasteiger charge is 2.12. The van der Waals surface area contributed by atoms with Crippen LogP contribution in [0.25, 0.3) is 11.4 Å². The standard InChI is InChI=1S/C16H11N3O2/c17-10-12-6-8-13(9-7-12)11-19-15(18-21-16(19)20)14-4-2-1-3-5-14/h1-9H,11H2. The predicted octanol–water partition coefficient (Wildman–Crippen LogP) is 2.42. The molecule has 0 N–H and O–H groups in total. The molecule has 21 heavy (non-hydrogen) atoms. The quantitative estimate of drug-likeness (QED) is 0.737. The average molecular weight is 277 g/mol. The number of benzene rings is 2. The van der Waals surface area contributed by atoms with E-state index in [-0.39, 0.29) is 0 Å². The molecule has 5 nitrogen and oxygen atoms in total. The van der Waals surface area contributed by atoms with Crippen molar-refractivity contribution in [3.05, 3.63) is 76.3 Å². The molecular weight excluding hydrogens is 266 g/mol. The molecule has 3 rings (SSSR count). The van der Waals surface area contributed by atoms with Crippen LogP contribution in [0, 0.1) is 11.3 Å². The van der Waals surface area contributed by atoms with Gasteiger partial charge < -0.3 is 0 Å². The maximum atomic E-state index is 11.8. The zero-order valence-corrected chi connectivity index (χ0v) is 11.1. The third-order valence-corrected chi connectivity index (χ3v) is 3.14. The van der Waals surface area contributed by atoms with Crippen LogP contribution in [0.15, 0.2) is 63.9 Å². The molecule has 0 aliphatic heterocycles. The summed E-state index contributed by atoms with van der Waals surface area (Å²) >= 11 is 0. The molecule has 0 spiro atoms. The minimum Gasteiger partial charge on any atom is -0.295 e. The number of rotatable bonds is 3. The summed E-state index contributed by atoms with van der Waals surface area (Å²) in [6, 6.07) is 18.5. The molecule has 0 unspecified atom stereocenters. The SMILES string of the molecule is N#Cc1ccc(Cn2c(-c3ccccc3)noc2=O)cc1. The van der Waals surface area contributed by atoms with Crippen molar-refractivity contribution in [2.75, 3.05) is 0 Å². The number of nitriles is 1. The highest BCUT2D eigenvalue weighted by molar-refractivity contribution is 5.54. The summed E-state index contributed by atoms with van der Waals surface area (Å²) < 4.78 is 6.24. The Morgan fingerprint density at radius 3 is 2.48 bits per heavy atom. The van der Waals surface area contributed by atoms with Crippen LogP contribution in [-0.2, 0) is 6.54 Å². The van der Waals surface area contributed by atoms with Crippen LogP contribution in [0.1, 0.15) is 11.1 Å². The molecular formula is C16H11N3O2. The normalized spacial score (nSPS) is 10.2. The first-order valence-electron chi connectivity index (χ1n) is 6.39. The van der Waals surface area contributed by atoms with Gasteiger partial charge in [-0.2, -0.15) is 5.26 Å². The lowest BCUT2D eigenvalue weighted by molar-refractivity contribution is 0.378. The van der Waals surface area contributed by atoms with Crippen molar-refractivity contribution in [2.45, 2.75) is 6.54 Å². The molecule has 102 valence electrons. The molecule has 1 heterocycles. The van der Waals surface area contributed by atoms with E-state index in [2.05, 4.69) is 11.2 Å². The van der Waals surface area contributed by atoms with Crippen LogP contribution >= 0.6 is 0 Å². The molecule has 0 fully saturated rings. The van der Waals surface area contributed by atoms with Crippen molar-refractivity contribution < 1.29 is 4.52 Å². The Kier molecular flexibility index (Phi) is 3.36. The monoisotopic (exact) mass is 277 g/mol. The summed E-state index contributed by atoms with van der Waals surface area (Å²) in [7, 11) is 0. The number of aromatic nitrogens is 2. The minimum atomic E-state index is -0.502. The van der Waals surface area contributed by atoms with Gasteiger partial charge in [0.1, 0.15) is 0 Å². The Morgan fingerprint density at radius 1 is 1.10 bits per heavy atom. The first kappa shape index (κ1) is 12.9. The van der Waals surface area contributed by atoms with Crippen LogP contribution in [0.4, 0.5) is 0 Å². The summed E-state index contributed by atoms with van der Waals surface area (Å²) in [5.41, 5.74) is 2.30. The third-order valence-electron chi connectivity index (χ3n) is 3.14. The van der Waals surface area contributed by atoms with E-state index in [9.17, 15) is 4.79 Å². The first-order chi connectivity index (χ1) is 10.3. The van der Waals surface area contributed by atoms with Gasteiger partial charge in [0.15, 0.2) is 5.82 Å². The number of hydrogen-bond acceptors (Lipinski definition) is 4. The Labute approximate surface area is 120 Å². The summed E-state index contributed by atoms with van der Waals surface area (Å²) in [6.07, 6.45) is 0. The van der Waals surface area contributed by atoms with Crippen LogP contribution in [0.2, 0.25) is 0 Å². The molecule has 0 radical (unpaired) electrons. The van der Waals surface area contributed by atoms with E-state index in [0.717, 1.165) is 11.1 Å².